The molecule has 0 aliphatic carbocycles. The van der Waals surface area contributed by atoms with Crippen molar-refractivity contribution >= 4 is 17.5 Å². The van der Waals surface area contributed by atoms with Crippen LogP contribution in [0.5, 0.6) is 0 Å². The number of carbonyl (C=O) groups excluding carboxylic acids is 1. The molecule has 2 rings (SSSR count). The number of nitrogens with zero attached hydrogens (tertiary/aromatic N) is 1. The minimum absolute atomic E-state index is 0.0254. The van der Waals surface area contributed by atoms with Crippen molar-refractivity contribution in [3.8, 4) is 0 Å². The molecule has 19 heavy (non-hydrogen) atoms. The van der Waals surface area contributed by atoms with Crippen LogP contribution in [0.3, 0.4) is 0 Å². The van der Waals surface area contributed by atoms with Crippen LogP contribution < -0.4 is 5.32 Å². The number of hydrogen-bond acceptors (Lipinski definition) is 5. The van der Waals surface area contributed by atoms with Gasteiger partial charge in [0.15, 0.2) is 0 Å². The number of rotatable bonds is 4. The lowest BCUT2D eigenvalue weighted by atomic mass is 10.2. The van der Waals surface area contributed by atoms with Crippen molar-refractivity contribution in [1.82, 2.24) is 0 Å². The van der Waals surface area contributed by atoms with Crippen LogP contribution in [-0.4, -0.2) is 30.3 Å². The maximum atomic E-state index is 11.5. The molecule has 1 atom stereocenters. The Hall–Kier alpha value is -2.15. The first-order chi connectivity index (χ1) is 9.15. The van der Waals surface area contributed by atoms with Gasteiger partial charge in [-0.3, -0.25) is 15.4 Å². The summed E-state index contributed by atoms with van der Waals surface area (Å²) >= 11 is 0. The lowest BCUT2D eigenvalue weighted by Gasteiger charge is -2.10. The van der Waals surface area contributed by atoms with E-state index < -0.39 is 11.0 Å². The molecule has 1 N–H and O–H groups in total. The molecule has 1 aliphatic rings. The van der Waals surface area contributed by atoms with Gasteiger partial charge >= 0.3 is 6.09 Å². The van der Waals surface area contributed by atoms with Gasteiger partial charge in [-0.1, -0.05) is 0 Å². The Morgan fingerprint density at radius 1 is 1.47 bits per heavy atom. The Balaban J connectivity index is 1.79. The summed E-state index contributed by atoms with van der Waals surface area (Å²) < 4.78 is 10.3. The highest BCUT2D eigenvalue weighted by atomic mass is 16.6. The minimum atomic E-state index is -0.593. The molecule has 1 aliphatic heterocycles. The number of anilines is 1. The molecule has 7 heteroatoms. The van der Waals surface area contributed by atoms with Crippen LogP contribution in [0, 0.1) is 10.1 Å². The molecule has 0 radical (unpaired) electrons. The Bertz CT molecular complexity index is 454. The van der Waals surface area contributed by atoms with Crippen LogP contribution >= 0.6 is 0 Å². The summed E-state index contributed by atoms with van der Waals surface area (Å²) in [5, 5.41) is 13.0. The Morgan fingerprint density at radius 2 is 2.21 bits per heavy atom. The first-order valence-electron chi connectivity index (χ1n) is 5.95. The first kappa shape index (κ1) is 13.3. The Kier molecular flexibility index (Phi) is 4.30. The van der Waals surface area contributed by atoms with Crippen LogP contribution in [-0.2, 0) is 9.47 Å². The molecule has 0 bridgehead atoms. The van der Waals surface area contributed by atoms with Crippen molar-refractivity contribution in [2.75, 3.05) is 18.5 Å². The highest BCUT2D eigenvalue weighted by Gasteiger charge is 2.17. The Morgan fingerprint density at radius 3 is 2.79 bits per heavy atom. The summed E-state index contributed by atoms with van der Waals surface area (Å²) in [4.78, 5) is 21.4. The predicted octanol–water partition coefficient (Wildman–Crippen LogP) is 2.32. The molecule has 1 fully saturated rings. The second-order valence-electron chi connectivity index (χ2n) is 4.16. The zero-order valence-electron chi connectivity index (χ0n) is 10.2. The van der Waals surface area contributed by atoms with Gasteiger partial charge in [-0.2, -0.15) is 0 Å². The molecule has 1 unspecified atom stereocenters. The van der Waals surface area contributed by atoms with Gasteiger partial charge in [-0.15, -0.1) is 0 Å². The second-order valence-corrected chi connectivity index (χ2v) is 4.16. The third-order valence-electron chi connectivity index (χ3n) is 2.75. The number of nitro benzene ring substituents is 1. The molecule has 0 saturated carbocycles. The fourth-order valence-electron chi connectivity index (χ4n) is 1.76. The maximum Gasteiger partial charge on any atom is 0.411 e. The topological polar surface area (TPSA) is 90.7 Å². The van der Waals surface area contributed by atoms with Crippen molar-refractivity contribution in [3.63, 3.8) is 0 Å². The smallest absolute Gasteiger partial charge is 0.411 e. The number of carbonyl (C=O) groups is 1. The van der Waals surface area contributed by atoms with Gasteiger partial charge in [0.25, 0.3) is 5.69 Å². The van der Waals surface area contributed by atoms with Crippen molar-refractivity contribution in [2.24, 2.45) is 0 Å². The number of nitro groups is 1. The van der Waals surface area contributed by atoms with Crippen LogP contribution in [0.4, 0.5) is 16.2 Å². The van der Waals surface area contributed by atoms with Gasteiger partial charge < -0.3 is 9.47 Å². The number of non-ortho nitro benzene ring substituents is 1. The monoisotopic (exact) mass is 266 g/mol. The molecule has 1 amide bonds. The third-order valence-corrected chi connectivity index (χ3v) is 2.75. The molecule has 1 aromatic carbocycles. The zero-order valence-corrected chi connectivity index (χ0v) is 10.2. The molecule has 0 spiro atoms. The van der Waals surface area contributed by atoms with Crippen molar-refractivity contribution in [1.29, 1.82) is 0 Å². The fourth-order valence-corrected chi connectivity index (χ4v) is 1.76. The number of benzene rings is 1. The average molecular weight is 266 g/mol. The number of hydrogen-bond donors (Lipinski definition) is 1. The van der Waals surface area contributed by atoms with E-state index >= 15 is 0 Å². The van der Waals surface area contributed by atoms with Crippen molar-refractivity contribution in [2.45, 2.75) is 18.9 Å². The summed E-state index contributed by atoms with van der Waals surface area (Å²) in [6.07, 6.45) is 1.26. The highest BCUT2D eigenvalue weighted by Crippen LogP contribution is 2.16. The summed E-state index contributed by atoms with van der Waals surface area (Å²) in [6, 6.07) is 5.53. The molecule has 7 nitrogen and oxygen atoms in total. The lowest BCUT2D eigenvalue weighted by molar-refractivity contribution is -0.384. The summed E-state index contributed by atoms with van der Waals surface area (Å²) in [5.74, 6) is 0. The number of amides is 1. The van der Waals surface area contributed by atoms with Crippen LogP contribution in [0.25, 0.3) is 0 Å². The van der Waals surface area contributed by atoms with Crippen LogP contribution in [0.1, 0.15) is 12.8 Å². The van der Waals surface area contributed by atoms with E-state index in [9.17, 15) is 14.9 Å². The van der Waals surface area contributed by atoms with E-state index in [4.69, 9.17) is 9.47 Å². The van der Waals surface area contributed by atoms with Gasteiger partial charge in [-0.25, -0.2) is 4.79 Å². The van der Waals surface area contributed by atoms with Crippen molar-refractivity contribution < 1.29 is 19.2 Å². The standard InChI is InChI=1S/C12H14N2O5/c15-12(19-8-11-2-1-7-18-11)13-9-3-5-10(6-4-9)14(16)17/h3-6,11H,1-2,7-8H2,(H,13,15). The van der Waals surface area contributed by atoms with E-state index in [0.717, 1.165) is 12.8 Å². The van der Waals surface area contributed by atoms with Gasteiger partial charge in [0, 0.05) is 24.4 Å². The lowest BCUT2D eigenvalue weighted by Crippen LogP contribution is -2.21. The summed E-state index contributed by atoms with van der Waals surface area (Å²) in [6.45, 7) is 0.927. The molecule has 1 heterocycles. The van der Waals surface area contributed by atoms with E-state index in [-0.39, 0.29) is 18.4 Å². The van der Waals surface area contributed by atoms with Gasteiger partial charge in [0.05, 0.1) is 11.0 Å². The average Bonchev–Trinajstić information content (AvgIpc) is 2.90. The number of ether oxygens (including phenoxy) is 2. The fraction of sp³-hybridized carbons (Fsp3) is 0.417. The largest absolute Gasteiger partial charge is 0.447 e. The van der Waals surface area contributed by atoms with E-state index in [1.54, 1.807) is 0 Å². The number of nitrogens with one attached hydrogen (secondary N) is 1. The molecule has 1 aromatic rings. The summed E-state index contributed by atoms with van der Waals surface area (Å²) in [5.41, 5.74) is 0.418. The SMILES string of the molecule is O=C(Nc1ccc([N+](=O)[O-])cc1)OCC1CCCO1. The van der Waals surface area contributed by atoms with E-state index in [1.807, 2.05) is 0 Å². The van der Waals surface area contributed by atoms with Gasteiger partial charge in [0.2, 0.25) is 0 Å². The second kappa shape index (κ2) is 6.14. The van der Waals surface area contributed by atoms with Crippen molar-refractivity contribution in [3.05, 3.63) is 34.4 Å². The van der Waals surface area contributed by atoms with E-state index in [0.29, 0.717) is 12.3 Å². The maximum absolute atomic E-state index is 11.5. The van der Waals surface area contributed by atoms with Gasteiger partial charge in [-0.05, 0) is 25.0 Å². The molecule has 1 saturated heterocycles. The third kappa shape index (κ3) is 3.92. The quantitative estimate of drug-likeness (QED) is 0.667. The minimum Gasteiger partial charge on any atom is -0.447 e. The van der Waals surface area contributed by atoms with Gasteiger partial charge in [0.1, 0.15) is 6.61 Å². The van der Waals surface area contributed by atoms with Crippen LogP contribution in [0.2, 0.25) is 0 Å². The molecular formula is C12H14N2O5. The molecular weight excluding hydrogens is 252 g/mol. The summed E-state index contributed by atoms with van der Waals surface area (Å²) in [7, 11) is 0. The van der Waals surface area contributed by atoms with E-state index in [1.165, 1.54) is 24.3 Å². The normalized spacial score (nSPS) is 18.0. The molecule has 102 valence electrons. The van der Waals surface area contributed by atoms with E-state index in [2.05, 4.69) is 5.32 Å². The van der Waals surface area contributed by atoms with Crippen LogP contribution in [0.15, 0.2) is 24.3 Å². The molecule has 0 aromatic heterocycles. The highest BCUT2D eigenvalue weighted by molar-refractivity contribution is 5.84. The first-order valence-corrected chi connectivity index (χ1v) is 5.95. The predicted molar refractivity (Wildman–Crippen MR) is 67.0 cm³/mol. The zero-order chi connectivity index (χ0) is 13.7. The Labute approximate surface area is 109 Å².